The molecule has 4 fully saturated rings. The van der Waals surface area contributed by atoms with E-state index in [9.17, 15) is 0 Å². The van der Waals surface area contributed by atoms with E-state index in [-0.39, 0.29) is 22.5 Å². The fourth-order valence-corrected chi connectivity index (χ4v) is 7.48. The van der Waals surface area contributed by atoms with E-state index in [1.54, 1.807) is 0 Å². The van der Waals surface area contributed by atoms with Crippen molar-refractivity contribution < 1.29 is 27.3 Å². The summed E-state index contributed by atoms with van der Waals surface area (Å²) in [6.45, 7) is 4.25. The van der Waals surface area contributed by atoms with E-state index in [4.69, 9.17) is 24.7 Å². The van der Waals surface area contributed by atoms with Crippen LogP contribution < -0.4 is 15.6 Å². The van der Waals surface area contributed by atoms with Crippen LogP contribution in [0.1, 0.15) is 121 Å². The smallest absolute Gasteiger partial charge is 0.870 e. The van der Waals surface area contributed by atoms with E-state index in [1.165, 1.54) is 109 Å². The van der Waals surface area contributed by atoms with Crippen LogP contribution in [0.15, 0.2) is 75.2 Å². The van der Waals surface area contributed by atoms with Crippen LogP contribution in [0, 0.1) is 0 Å². The number of nitrogens with one attached hydrogen (secondary N) is 2. The van der Waals surface area contributed by atoms with E-state index in [0.717, 1.165) is 67.1 Å². The average Bonchev–Trinajstić information content (AvgIpc) is 3.98. The molecule has 50 heavy (non-hydrogen) atoms. The van der Waals surface area contributed by atoms with E-state index in [1.807, 2.05) is 6.21 Å². The number of allylic oxidation sites excluding steroid dienone is 2. The Balaban J connectivity index is 0.000000739. The predicted molar refractivity (Wildman–Crippen MR) is 201 cm³/mol. The van der Waals surface area contributed by atoms with Crippen molar-refractivity contribution in [2.24, 2.45) is 15.0 Å². The van der Waals surface area contributed by atoms with Crippen LogP contribution in [0.5, 0.6) is 0 Å². The van der Waals surface area contributed by atoms with Gasteiger partial charge in [-0.3, -0.25) is 19.9 Å². The molecular formula is C40H59MnN7O2+. The maximum Gasteiger partial charge on any atom is 3.00 e. The Hall–Kier alpha value is -2.75. The fourth-order valence-electron chi connectivity index (χ4n) is 7.48. The quantitative estimate of drug-likeness (QED) is 0.172. The van der Waals surface area contributed by atoms with Crippen LogP contribution in [0.4, 0.5) is 0 Å². The SMILES string of the molecule is C1=C/C(=C/NC2CCCCC2)N=C1CN(CC1=N/C(=C\NC2CCCCC2)C=C1)Cc1ccc(C=NC2CCCCC2)[n-]1.C1CCOC1.[Mn+3].[OH-]. The van der Waals surface area contributed by atoms with Crippen molar-refractivity contribution in [1.29, 1.82) is 0 Å². The second kappa shape index (κ2) is 22.2. The molecule has 0 atom stereocenters. The Morgan fingerprint density at radius 2 is 1.20 bits per heavy atom. The summed E-state index contributed by atoms with van der Waals surface area (Å²) in [6, 6.07) is 5.90. The van der Waals surface area contributed by atoms with Crippen molar-refractivity contribution in [2.45, 2.75) is 134 Å². The molecule has 9 nitrogen and oxygen atoms in total. The Morgan fingerprint density at radius 1 is 0.680 bits per heavy atom. The fraction of sp³-hybridized carbons (Fsp3) is 0.625. The summed E-state index contributed by atoms with van der Waals surface area (Å²) >= 11 is 0. The number of rotatable bonds is 12. The van der Waals surface area contributed by atoms with Crippen LogP contribution in [-0.2, 0) is 28.4 Å². The summed E-state index contributed by atoms with van der Waals surface area (Å²) in [6.07, 6.45) is 36.8. The molecule has 0 unspecified atom stereocenters. The molecule has 0 aromatic carbocycles. The van der Waals surface area contributed by atoms with Gasteiger partial charge in [-0.15, -0.1) is 11.4 Å². The maximum absolute atomic E-state index is 4.95. The molecule has 0 radical (unpaired) electrons. The van der Waals surface area contributed by atoms with Gasteiger partial charge in [0.15, 0.2) is 0 Å². The number of aliphatic imine (C=N–C) groups is 3. The van der Waals surface area contributed by atoms with Crippen molar-refractivity contribution in [3.63, 3.8) is 0 Å². The van der Waals surface area contributed by atoms with Crippen LogP contribution in [0.3, 0.4) is 0 Å². The normalized spacial score (nSPS) is 23.1. The molecule has 10 heteroatoms. The number of hydrogen-bond donors (Lipinski definition) is 2. The van der Waals surface area contributed by atoms with Gasteiger partial charge in [-0.1, -0.05) is 69.9 Å². The first-order valence-electron chi connectivity index (χ1n) is 19.1. The summed E-state index contributed by atoms with van der Waals surface area (Å²) in [4.78, 5) is 22.1. The molecule has 3 aliphatic heterocycles. The minimum atomic E-state index is 0. The van der Waals surface area contributed by atoms with E-state index < -0.39 is 0 Å². The third-order valence-electron chi connectivity index (χ3n) is 10.3. The van der Waals surface area contributed by atoms with Crippen LogP contribution in [0.25, 0.3) is 0 Å². The molecule has 0 bridgehead atoms. The second-order valence-corrected chi connectivity index (χ2v) is 14.4. The van der Waals surface area contributed by atoms with Gasteiger partial charge in [0.2, 0.25) is 0 Å². The first-order valence-corrected chi connectivity index (χ1v) is 19.1. The summed E-state index contributed by atoms with van der Waals surface area (Å²) in [7, 11) is 0. The largest absolute Gasteiger partial charge is 3.00 e. The minimum Gasteiger partial charge on any atom is -0.870 e. The predicted octanol–water partition coefficient (Wildman–Crippen LogP) is 7.36. The zero-order valence-electron chi connectivity index (χ0n) is 30.0. The third-order valence-corrected chi connectivity index (χ3v) is 10.3. The van der Waals surface area contributed by atoms with Gasteiger partial charge in [0.1, 0.15) is 0 Å². The zero-order valence-corrected chi connectivity index (χ0v) is 31.1. The summed E-state index contributed by atoms with van der Waals surface area (Å²) in [5.41, 5.74) is 6.24. The van der Waals surface area contributed by atoms with Gasteiger partial charge in [0.05, 0.1) is 22.8 Å². The molecule has 1 aromatic heterocycles. The van der Waals surface area contributed by atoms with Gasteiger partial charge in [0.25, 0.3) is 0 Å². The Morgan fingerprint density at radius 3 is 1.70 bits per heavy atom. The molecule has 272 valence electrons. The van der Waals surface area contributed by atoms with E-state index in [2.05, 4.69) is 64.4 Å². The molecule has 1 aromatic rings. The molecular weight excluding hydrogens is 665 g/mol. The van der Waals surface area contributed by atoms with Gasteiger partial charge < -0.3 is 25.8 Å². The minimum absolute atomic E-state index is 0. The molecule has 3 aliphatic carbocycles. The average molecular weight is 725 g/mol. The Bertz CT molecular complexity index is 1280. The van der Waals surface area contributed by atoms with Crippen LogP contribution in [0.2, 0.25) is 0 Å². The number of ether oxygens (including phenoxy) is 1. The van der Waals surface area contributed by atoms with Crippen LogP contribution >= 0.6 is 0 Å². The molecule has 0 amide bonds. The van der Waals surface area contributed by atoms with Crippen molar-refractivity contribution >= 4 is 17.6 Å². The second-order valence-electron chi connectivity index (χ2n) is 14.4. The van der Waals surface area contributed by atoms with Gasteiger partial charge >= 0.3 is 17.1 Å². The Labute approximate surface area is 311 Å². The molecule has 6 aliphatic rings. The molecule has 7 rings (SSSR count). The van der Waals surface area contributed by atoms with Crippen molar-refractivity contribution in [1.82, 2.24) is 20.5 Å². The third kappa shape index (κ3) is 13.8. The number of aromatic nitrogens is 1. The van der Waals surface area contributed by atoms with Gasteiger partial charge in [-0.2, -0.15) is 0 Å². The first-order chi connectivity index (χ1) is 23.7. The van der Waals surface area contributed by atoms with Gasteiger partial charge in [-0.25, -0.2) is 0 Å². The summed E-state index contributed by atoms with van der Waals surface area (Å²) in [5.74, 6) is 0. The summed E-state index contributed by atoms with van der Waals surface area (Å²) < 4.78 is 4.94. The standard InChI is InChI=1S/C36H50N7.C4H8O.Mn.H2O/c1-4-10-28(11-5-1)37-22-31-16-19-34(40-31)25-43(26-35-20-17-32(41-35)23-38-29-12-6-2-7-13-29)27-36-21-18-33(42-36)24-39-30-14-8-3-9-15-30;1-2-4-5-3-1;;/h16-24,28-30,37-38H,1-15,25-27H2;1-4H2;;1H2/q-1;;+3;/p-1/b31-22-,32-23-,39-24?;;;. The van der Waals surface area contributed by atoms with Crippen molar-refractivity contribution in [3.8, 4) is 0 Å². The maximum atomic E-state index is 4.95. The number of hydrogen-bond acceptors (Lipinski definition) is 8. The monoisotopic (exact) mass is 724 g/mol. The molecule has 0 spiro atoms. The van der Waals surface area contributed by atoms with Gasteiger partial charge in [-0.05, 0) is 75.7 Å². The van der Waals surface area contributed by atoms with Crippen molar-refractivity contribution in [3.05, 3.63) is 71.6 Å². The van der Waals surface area contributed by atoms with Crippen molar-refractivity contribution in [2.75, 3.05) is 26.3 Å². The zero-order chi connectivity index (χ0) is 32.6. The molecule has 4 heterocycles. The first kappa shape index (κ1) is 40.0. The van der Waals surface area contributed by atoms with Crippen LogP contribution in [-0.4, -0.2) is 72.4 Å². The van der Waals surface area contributed by atoms with Gasteiger partial charge in [0, 0.05) is 69.6 Å². The molecule has 3 N–H and O–H groups in total. The summed E-state index contributed by atoms with van der Waals surface area (Å²) in [5, 5.41) is 7.24. The topological polar surface area (TPSA) is 118 Å². The number of nitrogens with zero attached hydrogens (tertiary/aromatic N) is 5. The van der Waals surface area contributed by atoms with E-state index in [0.29, 0.717) is 18.1 Å². The van der Waals surface area contributed by atoms with E-state index >= 15 is 0 Å². The molecule has 1 saturated heterocycles. The molecule has 3 saturated carbocycles. The Kier molecular flexibility index (Phi) is 17.8.